The SMILES string of the molecule is CC(C)(CO)Nc1ncncc1Br. The summed E-state index contributed by atoms with van der Waals surface area (Å²) in [7, 11) is 0. The third kappa shape index (κ3) is 2.93. The van der Waals surface area contributed by atoms with Gasteiger partial charge in [-0.1, -0.05) is 0 Å². The van der Waals surface area contributed by atoms with E-state index in [1.54, 1.807) is 6.20 Å². The Morgan fingerprint density at radius 3 is 2.85 bits per heavy atom. The first-order valence-electron chi connectivity index (χ1n) is 3.90. The molecule has 0 aliphatic rings. The monoisotopic (exact) mass is 245 g/mol. The molecular weight excluding hydrogens is 234 g/mol. The summed E-state index contributed by atoms with van der Waals surface area (Å²) in [5, 5.41) is 12.1. The highest BCUT2D eigenvalue weighted by molar-refractivity contribution is 9.10. The molecule has 0 saturated heterocycles. The van der Waals surface area contributed by atoms with Gasteiger partial charge in [-0.25, -0.2) is 9.97 Å². The predicted molar refractivity (Wildman–Crippen MR) is 54.5 cm³/mol. The summed E-state index contributed by atoms with van der Waals surface area (Å²) >= 11 is 3.31. The minimum atomic E-state index is -0.378. The zero-order valence-corrected chi connectivity index (χ0v) is 9.17. The summed E-state index contributed by atoms with van der Waals surface area (Å²) in [4.78, 5) is 7.87. The van der Waals surface area contributed by atoms with Crippen LogP contribution >= 0.6 is 15.9 Å². The van der Waals surface area contributed by atoms with Crippen molar-refractivity contribution in [3.63, 3.8) is 0 Å². The average molecular weight is 246 g/mol. The van der Waals surface area contributed by atoms with Crippen molar-refractivity contribution in [2.75, 3.05) is 11.9 Å². The van der Waals surface area contributed by atoms with E-state index in [-0.39, 0.29) is 12.1 Å². The van der Waals surface area contributed by atoms with Crippen LogP contribution in [0.2, 0.25) is 0 Å². The third-order valence-corrected chi connectivity index (χ3v) is 2.10. The van der Waals surface area contributed by atoms with E-state index in [2.05, 4.69) is 31.2 Å². The minimum Gasteiger partial charge on any atom is -0.394 e. The van der Waals surface area contributed by atoms with Crippen molar-refractivity contribution in [3.8, 4) is 0 Å². The summed E-state index contributed by atoms with van der Waals surface area (Å²) in [5.74, 6) is 0.689. The van der Waals surface area contributed by atoms with Gasteiger partial charge >= 0.3 is 0 Å². The smallest absolute Gasteiger partial charge is 0.144 e. The van der Waals surface area contributed by atoms with E-state index in [1.807, 2.05) is 13.8 Å². The molecule has 0 spiro atoms. The highest BCUT2D eigenvalue weighted by atomic mass is 79.9. The van der Waals surface area contributed by atoms with Crippen molar-refractivity contribution in [2.45, 2.75) is 19.4 Å². The van der Waals surface area contributed by atoms with Crippen LogP contribution in [-0.4, -0.2) is 27.2 Å². The second-order valence-electron chi connectivity index (χ2n) is 3.39. The molecule has 72 valence electrons. The molecule has 1 rings (SSSR count). The van der Waals surface area contributed by atoms with Crippen LogP contribution in [0.3, 0.4) is 0 Å². The quantitative estimate of drug-likeness (QED) is 0.846. The largest absolute Gasteiger partial charge is 0.394 e. The normalized spacial score (nSPS) is 11.4. The first-order valence-corrected chi connectivity index (χ1v) is 4.69. The third-order valence-electron chi connectivity index (χ3n) is 1.52. The molecule has 0 aliphatic carbocycles. The molecule has 0 fully saturated rings. The molecule has 0 bridgehead atoms. The molecule has 0 saturated carbocycles. The summed E-state index contributed by atoms with van der Waals surface area (Å²) in [6.07, 6.45) is 3.11. The Morgan fingerprint density at radius 2 is 2.31 bits per heavy atom. The van der Waals surface area contributed by atoms with Gasteiger partial charge in [0.2, 0.25) is 0 Å². The second kappa shape index (κ2) is 4.02. The van der Waals surface area contributed by atoms with E-state index in [4.69, 9.17) is 5.11 Å². The van der Waals surface area contributed by atoms with Crippen LogP contribution < -0.4 is 5.32 Å². The number of hydrogen-bond donors (Lipinski definition) is 2. The molecule has 0 aromatic carbocycles. The van der Waals surface area contributed by atoms with E-state index in [0.29, 0.717) is 5.82 Å². The molecule has 0 radical (unpaired) electrons. The highest BCUT2D eigenvalue weighted by Crippen LogP contribution is 2.20. The zero-order valence-electron chi connectivity index (χ0n) is 7.58. The lowest BCUT2D eigenvalue weighted by Gasteiger charge is -2.24. The molecule has 1 aromatic rings. The van der Waals surface area contributed by atoms with Crippen LogP contribution in [-0.2, 0) is 0 Å². The maximum atomic E-state index is 9.03. The Balaban J connectivity index is 2.80. The predicted octanol–water partition coefficient (Wildman–Crippen LogP) is 1.42. The lowest BCUT2D eigenvalue weighted by Crippen LogP contribution is -2.35. The number of nitrogens with one attached hydrogen (secondary N) is 1. The Hall–Kier alpha value is -0.680. The average Bonchev–Trinajstić information content (AvgIpc) is 2.09. The van der Waals surface area contributed by atoms with E-state index in [0.717, 1.165) is 4.47 Å². The van der Waals surface area contributed by atoms with E-state index in [9.17, 15) is 0 Å². The van der Waals surface area contributed by atoms with Crippen LogP contribution in [0, 0.1) is 0 Å². The van der Waals surface area contributed by atoms with Gasteiger partial charge in [0.1, 0.15) is 12.1 Å². The first-order chi connectivity index (χ1) is 6.05. The molecule has 4 nitrogen and oxygen atoms in total. The number of halogens is 1. The molecule has 0 atom stereocenters. The van der Waals surface area contributed by atoms with Crippen molar-refractivity contribution in [1.29, 1.82) is 0 Å². The van der Waals surface area contributed by atoms with Gasteiger partial charge in [0.25, 0.3) is 0 Å². The van der Waals surface area contributed by atoms with E-state index >= 15 is 0 Å². The van der Waals surface area contributed by atoms with Gasteiger partial charge in [0.15, 0.2) is 0 Å². The Morgan fingerprint density at radius 1 is 1.62 bits per heavy atom. The van der Waals surface area contributed by atoms with Crippen LogP contribution in [0.25, 0.3) is 0 Å². The van der Waals surface area contributed by atoms with Crippen molar-refractivity contribution in [1.82, 2.24) is 9.97 Å². The van der Waals surface area contributed by atoms with Crippen LogP contribution in [0.4, 0.5) is 5.82 Å². The lowest BCUT2D eigenvalue weighted by molar-refractivity contribution is 0.234. The topological polar surface area (TPSA) is 58.0 Å². The second-order valence-corrected chi connectivity index (χ2v) is 4.24. The van der Waals surface area contributed by atoms with Crippen LogP contribution in [0.15, 0.2) is 17.0 Å². The number of anilines is 1. The van der Waals surface area contributed by atoms with E-state index in [1.165, 1.54) is 6.33 Å². The Kier molecular flexibility index (Phi) is 3.22. The maximum absolute atomic E-state index is 9.03. The molecular formula is C8H12BrN3O. The zero-order chi connectivity index (χ0) is 9.90. The Bertz CT molecular complexity index is 290. The van der Waals surface area contributed by atoms with Crippen LogP contribution in [0.5, 0.6) is 0 Å². The highest BCUT2D eigenvalue weighted by Gasteiger charge is 2.17. The molecule has 0 aliphatic heterocycles. The Labute approximate surface area is 85.5 Å². The number of aliphatic hydroxyl groups is 1. The molecule has 13 heavy (non-hydrogen) atoms. The van der Waals surface area contributed by atoms with Gasteiger partial charge < -0.3 is 10.4 Å². The summed E-state index contributed by atoms with van der Waals surface area (Å²) < 4.78 is 0.788. The van der Waals surface area contributed by atoms with Gasteiger partial charge in [-0.05, 0) is 29.8 Å². The molecule has 0 amide bonds. The molecule has 2 N–H and O–H groups in total. The summed E-state index contributed by atoms with van der Waals surface area (Å²) in [6.45, 7) is 3.83. The summed E-state index contributed by atoms with van der Waals surface area (Å²) in [6, 6.07) is 0. The fourth-order valence-corrected chi connectivity index (χ4v) is 1.08. The van der Waals surface area contributed by atoms with Gasteiger partial charge in [-0.2, -0.15) is 0 Å². The number of nitrogens with zero attached hydrogens (tertiary/aromatic N) is 2. The fourth-order valence-electron chi connectivity index (χ4n) is 0.765. The number of aromatic nitrogens is 2. The standard InChI is InChI=1S/C8H12BrN3O/c1-8(2,4-13)12-7-6(9)3-10-5-11-7/h3,5,13H,4H2,1-2H3,(H,10,11,12). The fraction of sp³-hybridized carbons (Fsp3) is 0.500. The molecule has 1 aromatic heterocycles. The lowest BCUT2D eigenvalue weighted by atomic mass is 10.1. The number of aliphatic hydroxyl groups excluding tert-OH is 1. The van der Waals surface area contributed by atoms with Crippen molar-refractivity contribution < 1.29 is 5.11 Å². The van der Waals surface area contributed by atoms with Gasteiger partial charge in [-0.15, -0.1) is 0 Å². The first kappa shape index (κ1) is 10.4. The number of rotatable bonds is 3. The molecule has 0 unspecified atom stereocenters. The van der Waals surface area contributed by atoms with Crippen molar-refractivity contribution in [3.05, 3.63) is 17.0 Å². The maximum Gasteiger partial charge on any atom is 0.144 e. The summed E-state index contributed by atoms with van der Waals surface area (Å²) in [5.41, 5.74) is -0.378. The minimum absolute atomic E-state index is 0.0451. The van der Waals surface area contributed by atoms with Gasteiger partial charge in [0, 0.05) is 6.20 Å². The molecule has 5 heteroatoms. The van der Waals surface area contributed by atoms with Crippen molar-refractivity contribution in [2.24, 2.45) is 0 Å². The van der Waals surface area contributed by atoms with Gasteiger partial charge in [0.05, 0.1) is 16.6 Å². The molecule has 1 heterocycles. The number of hydrogen-bond acceptors (Lipinski definition) is 4. The van der Waals surface area contributed by atoms with E-state index < -0.39 is 0 Å². The van der Waals surface area contributed by atoms with Gasteiger partial charge in [-0.3, -0.25) is 0 Å². The van der Waals surface area contributed by atoms with Crippen molar-refractivity contribution >= 4 is 21.7 Å². The van der Waals surface area contributed by atoms with Crippen LogP contribution in [0.1, 0.15) is 13.8 Å².